The lowest BCUT2D eigenvalue weighted by Gasteiger charge is -2.23. The van der Waals surface area contributed by atoms with Crippen LogP contribution in [0.15, 0.2) is 60.9 Å². The third-order valence-corrected chi connectivity index (χ3v) is 6.45. The largest absolute Gasteiger partial charge is 0.487 e. The third kappa shape index (κ3) is 6.18. The topological polar surface area (TPSA) is 130 Å². The van der Waals surface area contributed by atoms with Crippen molar-refractivity contribution in [2.75, 3.05) is 44.2 Å². The smallest absolute Gasteiger partial charge is 0.239 e. The highest BCUT2D eigenvalue weighted by Gasteiger charge is 2.36. The molecule has 0 saturated heterocycles. The number of aromatic nitrogens is 2. The SMILES string of the molecule is COCCOc1cc2ncnc(Oc3ccc(NC(=O)C(C)(C)C(=O)Nc4ccc(F)cc4)cc3)c2c2c1OCCO2. The minimum Gasteiger partial charge on any atom is -0.487 e. The van der Waals surface area contributed by atoms with Gasteiger partial charge in [-0.05, 0) is 62.4 Å². The van der Waals surface area contributed by atoms with Crippen LogP contribution in [0, 0.1) is 11.2 Å². The van der Waals surface area contributed by atoms with Gasteiger partial charge in [-0.15, -0.1) is 0 Å². The van der Waals surface area contributed by atoms with Gasteiger partial charge in [0.1, 0.15) is 48.5 Å². The summed E-state index contributed by atoms with van der Waals surface area (Å²) in [7, 11) is 1.59. The zero-order valence-electron chi connectivity index (χ0n) is 23.2. The van der Waals surface area contributed by atoms with Gasteiger partial charge in [0.2, 0.25) is 23.4 Å². The fourth-order valence-electron chi connectivity index (χ4n) is 4.03. The summed E-state index contributed by atoms with van der Waals surface area (Å²) in [6.45, 7) is 4.43. The van der Waals surface area contributed by atoms with Crippen LogP contribution in [-0.2, 0) is 14.3 Å². The molecule has 42 heavy (non-hydrogen) atoms. The molecule has 218 valence electrons. The predicted molar refractivity (Wildman–Crippen MR) is 152 cm³/mol. The molecule has 0 spiro atoms. The first kappa shape index (κ1) is 28.6. The molecule has 5 rings (SSSR count). The first-order valence-electron chi connectivity index (χ1n) is 13.1. The Morgan fingerprint density at radius 1 is 0.905 bits per heavy atom. The highest BCUT2D eigenvalue weighted by Crippen LogP contribution is 2.47. The molecule has 0 atom stereocenters. The molecule has 1 aliphatic rings. The number of carbonyl (C=O) groups excluding carboxylic acids is 2. The van der Waals surface area contributed by atoms with Crippen LogP contribution in [0.4, 0.5) is 15.8 Å². The molecule has 1 aromatic heterocycles. The van der Waals surface area contributed by atoms with E-state index in [1.54, 1.807) is 37.4 Å². The first-order chi connectivity index (χ1) is 20.3. The second-order valence-corrected chi connectivity index (χ2v) is 9.81. The van der Waals surface area contributed by atoms with Crippen LogP contribution >= 0.6 is 0 Å². The number of amides is 2. The summed E-state index contributed by atoms with van der Waals surface area (Å²) >= 11 is 0. The van der Waals surface area contributed by atoms with Crippen molar-refractivity contribution in [3.05, 3.63) is 66.7 Å². The van der Waals surface area contributed by atoms with Gasteiger partial charge < -0.3 is 34.3 Å². The molecule has 1 aliphatic heterocycles. The number of carbonyl (C=O) groups is 2. The molecule has 4 aromatic rings. The second-order valence-electron chi connectivity index (χ2n) is 9.81. The molecule has 0 aliphatic carbocycles. The van der Waals surface area contributed by atoms with Crippen LogP contribution in [0.25, 0.3) is 10.9 Å². The summed E-state index contributed by atoms with van der Waals surface area (Å²) < 4.78 is 41.9. The summed E-state index contributed by atoms with van der Waals surface area (Å²) in [4.78, 5) is 34.4. The maximum absolute atomic E-state index is 13.2. The number of nitrogens with one attached hydrogen (secondary N) is 2. The molecule has 0 fully saturated rings. The number of fused-ring (bicyclic) bond motifs is 3. The van der Waals surface area contributed by atoms with Crippen LogP contribution in [0.3, 0.4) is 0 Å². The molecule has 3 aromatic carbocycles. The second kappa shape index (κ2) is 12.3. The van der Waals surface area contributed by atoms with Crippen LogP contribution < -0.4 is 29.6 Å². The lowest BCUT2D eigenvalue weighted by atomic mass is 9.90. The molecule has 12 heteroatoms. The number of methoxy groups -OCH3 is 1. The summed E-state index contributed by atoms with van der Waals surface area (Å²) in [5.74, 6) is 0.542. The summed E-state index contributed by atoms with van der Waals surface area (Å²) in [6.07, 6.45) is 1.38. The molecule has 2 N–H and O–H groups in total. The summed E-state index contributed by atoms with van der Waals surface area (Å²) in [5, 5.41) is 5.91. The molecule has 11 nitrogen and oxygen atoms in total. The normalized spacial score (nSPS) is 12.5. The predicted octanol–water partition coefficient (Wildman–Crippen LogP) is 4.96. The molecular formula is C30H29FN4O7. The average Bonchev–Trinajstić information content (AvgIpc) is 2.99. The van der Waals surface area contributed by atoms with E-state index in [1.165, 1.54) is 44.4 Å². The van der Waals surface area contributed by atoms with Gasteiger partial charge in [-0.1, -0.05) is 0 Å². The van der Waals surface area contributed by atoms with E-state index in [1.807, 2.05) is 0 Å². The van der Waals surface area contributed by atoms with E-state index in [0.29, 0.717) is 71.7 Å². The maximum Gasteiger partial charge on any atom is 0.239 e. The zero-order valence-corrected chi connectivity index (χ0v) is 23.2. The number of anilines is 2. The Labute approximate surface area is 240 Å². The van der Waals surface area contributed by atoms with Crippen molar-refractivity contribution in [2.45, 2.75) is 13.8 Å². The van der Waals surface area contributed by atoms with E-state index in [4.69, 9.17) is 23.7 Å². The number of rotatable bonds is 10. The number of benzene rings is 3. The number of nitrogens with zero attached hydrogens (tertiary/aromatic N) is 2. The van der Waals surface area contributed by atoms with Crippen molar-refractivity contribution in [3.8, 4) is 28.9 Å². The Morgan fingerprint density at radius 3 is 2.17 bits per heavy atom. The fourth-order valence-corrected chi connectivity index (χ4v) is 4.03. The van der Waals surface area contributed by atoms with Crippen molar-refractivity contribution in [3.63, 3.8) is 0 Å². The first-order valence-corrected chi connectivity index (χ1v) is 13.1. The van der Waals surface area contributed by atoms with E-state index in [0.717, 1.165) is 0 Å². The Morgan fingerprint density at radius 2 is 1.52 bits per heavy atom. The Balaban J connectivity index is 1.30. The highest BCUT2D eigenvalue weighted by molar-refractivity contribution is 6.14. The van der Waals surface area contributed by atoms with E-state index in [-0.39, 0.29) is 5.88 Å². The van der Waals surface area contributed by atoms with Crippen LogP contribution in [0.5, 0.6) is 28.9 Å². The quantitative estimate of drug-likeness (QED) is 0.199. The van der Waals surface area contributed by atoms with Gasteiger partial charge in [-0.3, -0.25) is 9.59 Å². The van der Waals surface area contributed by atoms with Gasteiger partial charge in [0.25, 0.3) is 0 Å². The van der Waals surface area contributed by atoms with Crippen molar-refractivity contribution in [2.24, 2.45) is 5.41 Å². The molecular weight excluding hydrogens is 547 g/mol. The van der Waals surface area contributed by atoms with Gasteiger partial charge >= 0.3 is 0 Å². The number of hydrogen-bond acceptors (Lipinski definition) is 9. The molecule has 0 radical (unpaired) electrons. The van der Waals surface area contributed by atoms with Gasteiger partial charge in [-0.25, -0.2) is 14.4 Å². The number of halogens is 1. The van der Waals surface area contributed by atoms with Crippen LogP contribution in [-0.4, -0.2) is 55.3 Å². The summed E-state index contributed by atoms with van der Waals surface area (Å²) in [5.41, 5.74) is -0.0400. The minimum atomic E-state index is -1.42. The molecule has 0 unspecified atom stereocenters. The monoisotopic (exact) mass is 576 g/mol. The van der Waals surface area contributed by atoms with Crippen molar-refractivity contribution in [1.29, 1.82) is 0 Å². The zero-order chi connectivity index (χ0) is 29.7. The van der Waals surface area contributed by atoms with Gasteiger partial charge in [0.15, 0.2) is 11.5 Å². The van der Waals surface area contributed by atoms with Gasteiger partial charge in [0, 0.05) is 24.6 Å². The van der Waals surface area contributed by atoms with Gasteiger partial charge in [-0.2, -0.15) is 0 Å². The average molecular weight is 577 g/mol. The summed E-state index contributed by atoms with van der Waals surface area (Å²) in [6, 6.07) is 13.6. The number of ether oxygens (including phenoxy) is 5. The van der Waals surface area contributed by atoms with E-state index in [2.05, 4.69) is 20.6 Å². The molecule has 2 amide bonds. The molecule has 0 bridgehead atoms. The lowest BCUT2D eigenvalue weighted by molar-refractivity contribution is -0.135. The Bertz CT molecular complexity index is 1590. The van der Waals surface area contributed by atoms with Crippen molar-refractivity contribution in [1.82, 2.24) is 9.97 Å². The Hall–Kier alpha value is -4.97. The molecule has 2 heterocycles. The van der Waals surface area contributed by atoms with Crippen LogP contribution in [0.1, 0.15) is 13.8 Å². The van der Waals surface area contributed by atoms with E-state index in [9.17, 15) is 14.0 Å². The van der Waals surface area contributed by atoms with E-state index >= 15 is 0 Å². The molecule has 0 saturated carbocycles. The minimum absolute atomic E-state index is 0.251. The Kier molecular flexibility index (Phi) is 8.34. The van der Waals surface area contributed by atoms with Gasteiger partial charge in [0.05, 0.1) is 12.1 Å². The standard InChI is InChI=1S/C30H29FN4O7/c1-30(2,28(36)34-19-6-4-18(31)5-7-19)29(37)35-20-8-10-21(11-9-20)42-27-24-22(32-17-33-27)16-23(39-13-12-38-3)25-26(24)41-15-14-40-25/h4-11,16-17H,12-15H2,1-3H3,(H,34,36)(H,35,37). The number of hydrogen-bond donors (Lipinski definition) is 2. The lowest BCUT2D eigenvalue weighted by Crippen LogP contribution is -2.41. The van der Waals surface area contributed by atoms with Crippen molar-refractivity contribution < 1.29 is 37.7 Å². The maximum atomic E-state index is 13.2. The van der Waals surface area contributed by atoms with E-state index < -0.39 is 23.0 Å². The fraction of sp³-hybridized carbons (Fsp3) is 0.267. The third-order valence-electron chi connectivity index (χ3n) is 6.45. The van der Waals surface area contributed by atoms with Crippen molar-refractivity contribution >= 4 is 34.1 Å². The van der Waals surface area contributed by atoms with Crippen LogP contribution in [0.2, 0.25) is 0 Å². The highest BCUT2D eigenvalue weighted by atomic mass is 19.1.